The molecule has 0 fully saturated rings. The molecule has 2 rings (SSSR count). The lowest BCUT2D eigenvalue weighted by Crippen LogP contribution is -2.11. The SMILES string of the molecule is Cc1cc(F)cc2c1C(N)CO2. The van der Waals surface area contributed by atoms with E-state index in [0.717, 1.165) is 11.1 Å². The van der Waals surface area contributed by atoms with Crippen molar-refractivity contribution in [2.75, 3.05) is 6.61 Å². The maximum absolute atomic E-state index is 12.8. The lowest BCUT2D eigenvalue weighted by molar-refractivity contribution is 0.332. The minimum Gasteiger partial charge on any atom is -0.491 e. The maximum Gasteiger partial charge on any atom is 0.127 e. The fraction of sp³-hybridized carbons (Fsp3) is 0.333. The molecule has 0 bridgehead atoms. The predicted molar refractivity (Wildman–Crippen MR) is 43.6 cm³/mol. The zero-order valence-corrected chi connectivity index (χ0v) is 6.80. The molecule has 0 amide bonds. The van der Waals surface area contributed by atoms with E-state index in [2.05, 4.69) is 0 Å². The van der Waals surface area contributed by atoms with Crippen molar-refractivity contribution in [1.82, 2.24) is 0 Å². The zero-order valence-electron chi connectivity index (χ0n) is 6.80. The number of rotatable bonds is 0. The van der Waals surface area contributed by atoms with Crippen LogP contribution in [0.5, 0.6) is 5.75 Å². The van der Waals surface area contributed by atoms with Crippen LogP contribution in [-0.2, 0) is 0 Å². The minimum absolute atomic E-state index is 0.0967. The van der Waals surface area contributed by atoms with Crippen LogP contribution in [0.3, 0.4) is 0 Å². The van der Waals surface area contributed by atoms with Crippen molar-refractivity contribution in [3.8, 4) is 5.75 Å². The van der Waals surface area contributed by atoms with Gasteiger partial charge in [-0.3, -0.25) is 0 Å². The molecule has 2 N–H and O–H groups in total. The summed E-state index contributed by atoms with van der Waals surface area (Å²) in [6, 6.07) is 2.77. The zero-order chi connectivity index (χ0) is 8.72. The van der Waals surface area contributed by atoms with E-state index in [4.69, 9.17) is 10.5 Å². The average molecular weight is 167 g/mol. The molecule has 1 aliphatic rings. The van der Waals surface area contributed by atoms with Gasteiger partial charge in [0.2, 0.25) is 0 Å². The lowest BCUT2D eigenvalue weighted by Gasteiger charge is -2.04. The summed E-state index contributed by atoms with van der Waals surface area (Å²) in [7, 11) is 0. The Kier molecular flexibility index (Phi) is 1.54. The Morgan fingerprint density at radius 1 is 1.58 bits per heavy atom. The summed E-state index contributed by atoms with van der Waals surface area (Å²) in [5.41, 5.74) is 7.56. The van der Waals surface area contributed by atoms with Crippen LogP contribution >= 0.6 is 0 Å². The molecular formula is C9H10FNO. The smallest absolute Gasteiger partial charge is 0.127 e. The summed E-state index contributed by atoms with van der Waals surface area (Å²) in [6.45, 7) is 2.30. The van der Waals surface area contributed by atoms with Crippen molar-refractivity contribution < 1.29 is 9.13 Å². The number of nitrogens with two attached hydrogens (primary N) is 1. The van der Waals surface area contributed by atoms with Gasteiger partial charge in [-0.05, 0) is 18.6 Å². The molecule has 1 unspecified atom stereocenters. The lowest BCUT2D eigenvalue weighted by atomic mass is 10.0. The molecule has 0 saturated carbocycles. The van der Waals surface area contributed by atoms with Crippen LogP contribution in [0.4, 0.5) is 4.39 Å². The first-order valence-corrected chi connectivity index (χ1v) is 3.87. The fourth-order valence-electron chi connectivity index (χ4n) is 1.58. The Hall–Kier alpha value is -1.09. The number of hydrogen-bond donors (Lipinski definition) is 1. The molecule has 1 aliphatic heterocycles. The molecule has 2 nitrogen and oxygen atoms in total. The van der Waals surface area contributed by atoms with Crippen molar-refractivity contribution >= 4 is 0 Å². The topological polar surface area (TPSA) is 35.2 Å². The van der Waals surface area contributed by atoms with Crippen molar-refractivity contribution in [2.45, 2.75) is 13.0 Å². The summed E-state index contributed by atoms with van der Waals surface area (Å²) >= 11 is 0. The average Bonchev–Trinajstić information content (AvgIpc) is 2.31. The van der Waals surface area contributed by atoms with Gasteiger partial charge in [0, 0.05) is 11.6 Å². The molecule has 1 aromatic rings. The van der Waals surface area contributed by atoms with Crippen molar-refractivity contribution in [3.05, 3.63) is 29.1 Å². The van der Waals surface area contributed by atoms with Crippen LogP contribution in [0.25, 0.3) is 0 Å². The van der Waals surface area contributed by atoms with E-state index < -0.39 is 0 Å². The van der Waals surface area contributed by atoms with Gasteiger partial charge in [0.25, 0.3) is 0 Å². The van der Waals surface area contributed by atoms with Crippen LogP contribution in [0.15, 0.2) is 12.1 Å². The Bertz CT molecular complexity index is 325. The molecule has 0 aliphatic carbocycles. The van der Waals surface area contributed by atoms with Crippen LogP contribution in [0.2, 0.25) is 0 Å². The van der Waals surface area contributed by atoms with Gasteiger partial charge in [0.05, 0.1) is 6.04 Å². The number of halogens is 1. The van der Waals surface area contributed by atoms with E-state index in [1.165, 1.54) is 12.1 Å². The van der Waals surface area contributed by atoms with Gasteiger partial charge in [0.1, 0.15) is 18.2 Å². The molecule has 3 heteroatoms. The predicted octanol–water partition coefficient (Wildman–Crippen LogP) is 1.53. The van der Waals surface area contributed by atoms with E-state index in [9.17, 15) is 4.39 Å². The number of benzene rings is 1. The van der Waals surface area contributed by atoms with E-state index in [0.29, 0.717) is 12.4 Å². The van der Waals surface area contributed by atoms with Crippen molar-refractivity contribution in [1.29, 1.82) is 0 Å². The summed E-state index contributed by atoms with van der Waals surface area (Å²) in [4.78, 5) is 0. The molecule has 0 aromatic heterocycles. The normalized spacial score (nSPS) is 20.4. The summed E-state index contributed by atoms with van der Waals surface area (Å²) in [5, 5.41) is 0. The molecule has 1 heterocycles. The Morgan fingerprint density at radius 2 is 2.33 bits per heavy atom. The highest BCUT2D eigenvalue weighted by atomic mass is 19.1. The van der Waals surface area contributed by atoms with E-state index in [-0.39, 0.29) is 11.9 Å². The number of aryl methyl sites for hydroxylation is 1. The van der Waals surface area contributed by atoms with Crippen LogP contribution < -0.4 is 10.5 Å². The summed E-state index contributed by atoms with van der Waals surface area (Å²) in [6.07, 6.45) is 0. The van der Waals surface area contributed by atoms with Gasteiger partial charge in [0.15, 0.2) is 0 Å². The molecule has 1 aromatic carbocycles. The van der Waals surface area contributed by atoms with Crippen LogP contribution in [0.1, 0.15) is 17.2 Å². The highest BCUT2D eigenvalue weighted by Gasteiger charge is 2.23. The number of fused-ring (bicyclic) bond motifs is 1. The molecule has 1 atom stereocenters. The second-order valence-electron chi connectivity index (χ2n) is 3.05. The van der Waals surface area contributed by atoms with Crippen LogP contribution in [-0.4, -0.2) is 6.61 Å². The van der Waals surface area contributed by atoms with E-state index >= 15 is 0 Å². The second kappa shape index (κ2) is 2.45. The number of hydrogen-bond acceptors (Lipinski definition) is 2. The van der Waals surface area contributed by atoms with Gasteiger partial charge < -0.3 is 10.5 Å². The van der Waals surface area contributed by atoms with Gasteiger partial charge in [-0.1, -0.05) is 0 Å². The van der Waals surface area contributed by atoms with E-state index in [1.807, 2.05) is 6.92 Å². The Morgan fingerprint density at radius 3 is 3.08 bits per heavy atom. The first-order chi connectivity index (χ1) is 5.68. The highest BCUT2D eigenvalue weighted by molar-refractivity contribution is 5.44. The van der Waals surface area contributed by atoms with Crippen LogP contribution in [0, 0.1) is 12.7 Å². The third kappa shape index (κ3) is 0.975. The molecule has 0 radical (unpaired) electrons. The monoisotopic (exact) mass is 167 g/mol. The molecule has 0 saturated heterocycles. The van der Waals surface area contributed by atoms with Gasteiger partial charge in [-0.2, -0.15) is 0 Å². The third-order valence-corrected chi connectivity index (χ3v) is 2.10. The van der Waals surface area contributed by atoms with Gasteiger partial charge in [-0.25, -0.2) is 4.39 Å². The Balaban J connectivity index is 2.60. The maximum atomic E-state index is 12.8. The minimum atomic E-state index is -0.264. The fourth-order valence-corrected chi connectivity index (χ4v) is 1.58. The summed E-state index contributed by atoms with van der Waals surface area (Å²) in [5.74, 6) is 0.334. The first-order valence-electron chi connectivity index (χ1n) is 3.87. The molecular weight excluding hydrogens is 157 g/mol. The van der Waals surface area contributed by atoms with Crippen molar-refractivity contribution in [2.24, 2.45) is 5.73 Å². The molecule has 0 spiro atoms. The highest BCUT2D eigenvalue weighted by Crippen LogP contribution is 2.33. The molecule has 12 heavy (non-hydrogen) atoms. The number of ether oxygens (including phenoxy) is 1. The quantitative estimate of drug-likeness (QED) is 0.636. The first kappa shape index (κ1) is 7.55. The summed E-state index contributed by atoms with van der Waals surface area (Å²) < 4.78 is 18.0. The second-order valence-corrected chi connectivity index (χ2v) is 3.05. The molecule has 64 valence electrons. The van der Waals surface area contributed by atoms with Gasteiger partial charge >= 0.3 is 0 Å². The van der Waals surface area contributed by atoms with E-state index in [1.54, 1.807) is 0 Å². The Labute approximate surface area is 70.1 Å². The van der Waals surface area contributed by atoms with Gasteiger partial charge in [-0.15, -0.1) is 0 Å². The largest absolute Gasteiger partial charge is 0.491 e. The third-order valence-electron chi connectivity index (χ3n) is 2.10. The van der Waals surface area contributed by atoms with Crippen molar-refractivity contribution in [3.63, 3.8) is 0 Å². The standard InChI is InChI=1S/C9H10FNO/c1-5-2-6(10)3-8-9(5)7(11)4-12-8/h2-3,7H,4,11H2,1H3.